The molecule has 1 aliphatic carbocycles. The van der Waals surface area contributed by atoms with E-state index in [0.29, 0.717) is 5.02 Å². The first-order valence-electron chi connectivity index (χ1n) is 11.4. The summed E-state index contributed by atoms with van der Waals surface area (Å²) >= 11 is 6.22. The number of fused-ring (bicyclic) bond motifs is 1. The van der Waals surface area contributed by atoms with E-state index in [1.807, 2.05) is 52.0 Å². The topological polar surface area (TPSA) is 44.1 Å². The van der Waals surface area contributed by atoms with Gasteiger partial charge in [-0.2, -0.15) is 0 Å². The van der Waals surface area contributed by atoms with Crippen molar-refractivity contribution in [3.8, 4) is 11.1 Å². The molecule has 0 bridgehead atoms. The van der Waals surface area contributed by atoms with Gasteiger partial charge in [-0.1, -0.05) is 23.7 Å². The molecule has 32 heavy (non-hydrogen) atoms. The maximum Gasteiger partial charge on any atom is 0.163 e. The fourth-order valence-corrected chi connectivity index (χ4v) is 4.64. The van der Waals surface area contributed by atoms with Crippen LogP contribution in [0.15, 0.2) is 24.3 Å². The van der Waals surface area contributed by atoms with Gasteiger partial charge in [-0.3, -0.25) is 4.79 Å². The maximum absolute atomic E-state index is 12.9. The Morgan fingerprint density at radius 2 is 1.81 bits per heavy atom. The van der Waals surface area contributed by atoms with E-state index in [4.69, 9.17) is 21.3 Å². The standard InChI is InChI=1S/C27H33ClN2O2/c1-15-17(3)30(14-19-8-9-19)26-22(15)24(20-10-12-21(28)13-11-20)23(16(2)29-26)25(18(4)31)32-27(5,6)7/h10-13,19,25H,8-9,14H2,1-7H3. The van der Waals surface area contributed by atoms with Crippen LogP contribution in [-0.4, -0.2) is 20.9 Å². The van der Waals surface area contributed by atoms with E-state index in [2.05, 4.69) is 18.4 Å². The Hall–Kier alpha value is -2.17. The number of ketones is 1. The SMILES string of the molecule is CC(=O)C(OC(C)(C)C)c1c(C)nc2c(c(C)c(C)n2CC2CC2)c1-c1ccc(Cl)cc1. The highest BCUT2D eigenvalue weighted by Crippen LogP contribution is 2.43. The second-order valence-electron chi connectivity index (χ2n) is 10.2. The minimum atomic E-state index is -0.691. The van der Waals surface area contributed by atoms with E-state index in [1.165, 1.54) is 24.1 Å². The number of pyridine rings is 1. The predicted molar refractivity (Wildman–Crippen MR) is 131 cm³/mol. The van der Waals surface area contributed by atoms with Gasteiger partial charge in [0.25, 0.3) is 0 Å². The first-order valence-corrected chi connectivity index (χ1v) is 11.8. The molecule has 1 saturated carbocycles. The molecule has 3 aromatic rings. The Morgan fingerprint density at radius 3 is 2.34 bits per heavy atom. The molecule has 0 saturated heterocycles. The number of nitrogens with zero attached hydrogens (tertiary/aromatic N) is 2. The number of ether oxygens (including phenoxy) is 1. The van der Waals surface area contributed by atoms with Crippen molar-refractivity contribution in [3.63, 3.8) is 0 Å². The van der Waals surface area contributed by atoms with Crippen molar-refractivity contribution in [2.45, 2.75) is 79.6 Å². The number of aryl methyl sites for hydroxylation is 2. The summed E-state index contributed by atoms with van der Waals surface area (Å²) in [6.07, 6.45) is 1.87. The second kappa shape index (κ2) is 8.31. The largest absolute Gasteiger partial charge is 0.360 e. The number of Topliss-reactive ketones (excluding diaryl/α,β-unsaturated/α-hetero) is 1. The molecule has 1 atom stereocenters. The van der Waals surface area contributed by atoms with Gasteiger partial charge < -0.3 is 9.30 Å². The number of carbonyl (C=O) groups is 1. The fourth-order valence-electron chi connectivity index (χ4n) is 4.51. The lowest BCUT2D eigenvalue weighted by Crippen LogP contribution is -2.27. The normalized spacial score (nSPS) is 15.4. The van der Waals surface area contributed by atoms with Crippen LogP contribution < -0.4 is 0 Å². The summed E-state index contributed by atoms with van der Waals surface area (Å²) in [4.78, 5) is 18.0. The van der Waals surface area contributed by atoms with Gasteiger partial charge in [-0.05, 0) is 90.5 Å². The molecular formula is C27H33ClN2O2. The second-order valence-corrected chi connectivity index (χ2v) is 10.6. The lowest BCUT2D eigenvalue weighted by molar-refractivity contribution is -0.138. The molecule has 0 spiro atoms. The van der Waals surface area contributed by atoms with Crippen LogP contribution in [0.1, 0.15) is 69.2 Å². The van der Waals surface area contributed by atoms with Crippen LogP contribution in [0.3, 0.4) is 0 Å². The van der Waals surface area contributed by atoms with Crippen LogP contribution in [0.2, 0.25) is 5.02 Å². The molecule has 1 aromatic carbocycles. The van der Waals surface area contributed by atoms with Gasteiger partial charge in [-0.25, -0.2) is 4.98 Å². The molecule has 0 radical (unpaired) electrons. The highest BCUT2D eigenvalue weighted by molar-refractivity contribution is 6.30. The number of rotatable bonds is 6. The van der Waals surface area contributed by atoms with E-state index in [-0.39, 0.29) is 5.78 Å². The molecular weight excluding hydrogens is 420 g/mol. The summed E-state index contributed by atoms with van der Waals surface area (Å²) in [5.74, 6) is 0.713. The smallest absolute Gasteiger partial charge is 0.163 e. The molecule has 4 nitrogen and oxygen atoms in total. The van der Waals surface area contributed by atoms with Crippen LogP contribution in [0, 0.1) is 26.7 Å². The maximum atomic E-state index is 12.9. The molecule has 4 rings (SSSR count). The molecule has 2 heterocycles. The van der Waals surface area contributed by atoms with Crippen molar-refractivity contribution < 1.29 is 9.53 Å². The predicted octanol–water partition coefficient (Wildman–Crippen LogP) is 7.14. The average Bonchev–Trinajstić information content (AvgIpc) is 3.49. The lowest BCUT2D eigenvalue weighted by Gasteiger charge is -2.29. The quantitative estimate of drug-likeness (QED) is 0.399. The minimum absolute atomic E-state index is 0.0221. The Bertz CT molecular complexity index is 1180. The number of aromatic nitrogens is 2. The summed E-state index contributed by atoms with van der Waals surface area (Å²) in [5.41, 5.74) is 6.71. The first-order chi connectivity index (χ1) is 15.0. The van der Waals surface area contributed by atoms with Crippen LogP contribution in [0.5, 0.6) is 0 Å². The van der Waals surface area contributed by atoms with E-state index in [1.54, 1.807) is 6.92 Å². The van der Waals surface area contributed by atoms with Crippen molar-refractivity contribution in [3.05, 3.63) is 51.8 Å². The van der Waals surface area contributed by atoms with Gasteiger partial charge in [-0.15, -0.1) is 0 Å². The molecule has 1 fully saturated rings. The fraction of sp³-hybridized carbons (Fsp3) is 0.481. The van der Waals surface area contributed by atoms with Crippen molar-refractivity contribution >= 4 is 28.4 Å². The molecule has 0 aliphatic heterocycles. The third kappa shape index (κ3) is 4.35. The zero-order valence-corrected chi connectivity index (χ0v) is 20.9. The first kappa shape index (κ1) is 23.0. The molecule has 5 heteroatoms. The van der Waals surface area contributed by atoms with Crippen molar-refractivity contribution in [2.24, 2.45) is 5.92 Å². The summed E-state index contributed by atoms with van der Waals surface area (Å²) < 4.78 is 8.70. The number of halogens is 1. The van der Waals surface area contributed by atoms with E-state index in [0.717, 1.165) is 45.9 Å². The van der Waals surface area contributed by atoms with Crippen LogP contribution in [-0.2, 0) is 16.1 Å². The summed E-state index contributed by atoms with van der Waals surface area (Å²) in [6.45, 7) is 14.9. The molecule has 1 aliphatic rings. The van der Waals surface area contributed by atoms with Gasteiger partial charge in [0, 0.05) is 39.5 Å². The summed E-state index contributed by atoms with van der Waals surface area (Å²) in [5, 5.41) is 1.79. The molecule has 0 amide bonds. The van der Waals surface area contributed by atoms with Crippen molar-refractivity contribution in [2.75, 3.05) is 0 Å². The average molecular weight is 453 g/mol. The zero-order chi connectivity index (χ0) is 23.4. The number of hydrogen-bond acceptors (Lipinski definition) is 3. The number of carbonyl (C=O) groups excluding carboxylic acids is 1. The summed E-state index contributed by atoms with van der Waals surface area (Å²) in [6, 6.07) is 7.86. The van der Waals surface area contributed by atoms with Crippen molar-refractivity contribution in [1.82, 2.24) is 9.55 Å². The third-order valence-corrected chi connectivity index (χ3v) is 6.61. The molecule has 0 N–H and O–H groups in total. The van der Waals surface area contributed by atoms with Gasteiger partial charge in [0.15, 0.2) is 5.78 Å². The van der Waals surface area contributed by atoms with Crippen LogP contribution in [0.4, 0.5) is 0 Å². The Balaban J connectivity index is 2.08. The van der Waals surface area contributed by atoms with Crippen LogP contribution in [0.25, 0.3) is 22.2 Å². The number of hydrogen-bond donors (Lipinski definition) is 0. The minimum Gasteiger partial charge on any atom is -0.360 e. The Labute approximate surface area is 195 Å². The molecule has 170 valence electrons. The van der Waals surface area contributed by atoms with Gasteiger partial charge in [0.1, 0.15) is 11.8 Å². The highest BCUT2D eigenvalue weighted by atomic mass is 35.5. The van der Waals surface area contributed by atoms with Crippen molar-refractivity contribution in [1.29, 1.82) is 0 Å². The monoisotopic (exact) mass is 452 g/mol. The van der Waals surface area contributed by atoms with E-state index >= 15 is 0 Å². The molecule has 1 unspecified atom stereocenters. The van der Waals surface area contributed by atoms with Gasteiger partial charge >= 0.3 is 0 Å². The van der Waals surface area contributed by atoms with Gasteiger partial charge in [0.05, 0.1) is 5.60 Å². The third-order valence-electron chi connectivity index (χ3n) is 6.36. The summed E-state index contributed by atoms with van der Waals surface area (Å²) in [7, 11) is 0. The van der Waals surface area contributed by atoms with E-state index < -0.39 is 11.7 Å². The number of benzene rings is 1. The zero-order valence-electron chi connectivity index (χ0n) is 20.2. The Kier molecular flexibility index (Phi) is 5.98. The van der Waals surface area contributed by atoms with Crippen LogP contribution >= 0.6 is 11.6 Å². The Morgan fingerprint density at radius 1 is 1.19 bits per heavy atom. The molecule has 2 aromatic heterocycles. The van der Waals surface area contributed by atoms with Gasteiger partial charge in [0.2, 0.25) is 0 Å². The highest BCUT2D eigenvalue weighted by Gasteiger charge is 2.32. The van der Waals surface area contributed by atoms with E-state index in [9.17, 15) is 4.79 Å². The lowest BCUT2D eigenvalue weighted by atomic mass is 9.90.